The van der Waals surface area contributed by atoms with E-state index in [-0.39, 0.29) is 11.1 Å². The monoisotopic (exact) mass is 582 g/mol. The number of aryl methyl sites for hydroxylation is 1. The normalized spacial score (nSPS) is 13.4. The summed E-state index contributed by atoms with van der Waals surface area (Å²) < 4.78 is 8.52. The van der Waals surface area contributed by atoms with Crippen molar-refractivity contribution >= 4 is 53.0 Å². The summed E-state index contributed by atoms with van der Waals surface area (Å²) in [7, 11) is -4.01. The van der Waals surface area contributed by atoms with Crippen molar-refractivity contribution in [2.75, 3.05) is 6.16 Å². The Balaban J connectivity index is 1.63. The van der Waals surface area contributed by atoms with E-state index < -0.39 is 15.6 Å². The molecule has 5 heteroatoms. The minimum atomic E-state index is -2.05. The summed E-state index contributed by atoms with van der Waals surface area (Å²) in [6, 6.07) is 40.4. The predicted octanol–water partition coefficient (Wildman–Crippen LogP) is 9.05. The first-order valence-electron chi connectivity index (χ1n) is 14.2. The lowest BCUT2D eigenvalue weighted by Gasteiger charge is -2.40. The van der Waals surface area contributed by atoms with Crippen LogP contribution in [-0.2, 0) is 4.43 Å². The van der Waals surface area contributed by atoms with E-state index in [9.17, 15) is 0 Å². The maximum Gasteiger partial charge on any atom is 0.192 e. The fourth-order valence-electron chi connectivity index (χ4n) is 5.28. The molecule has 0 saturated carbocycles. The van der Waals surface area contributed by atoms with Gasteiger partial charge in [-0.15, -0.1) is 11.3 Å². The fraction of sp³-hybridized carbons (Fsp3) is 0.286. The summed E-state index contributed by atoms with van der Waals surface area (Å²) in [6.45, 7) is 13.8. The molecule has 0 aliphatic heterocycles. The standard InChI is InChI=1S/C35H41NOPSSi/c1-27-36-32-26-28(22-23-34(32)39-27)33(37-40(5,6)35(2,3)4)24-25-38(29-16-10-7-11-17-29,30-18-12-8-13-19-30)31-20-14-9-15-21-31/h7-23,26,33H,24-25H2,1-6H3/q+1/t33-/m0/s1. The van der Waals surface area contributed by atoms with Gasteiger partial charge in [-0.05, 0) is 79.2 Å². The van der Waals surface area contributed by atoms with Crippen LogP contribution >= 0.6 is 18.6 Å². The Labute approximate surface area is 245 Å². The summed E-state index contributed by atoms with van der Waals surface area (Å²) in [6.07, 6.45) is 1.97. The highest BCUT2D eigenvalue weighted by molar-refractivity contribution is 7.95. The molecule has 0 aliphatic carbocycles. The molecule has 0 N–H and O–H groups in total. The molecule has 0 unspecified atom stereocenters. The molecular weight excluding hydrogens is 542 g/mol. The zero-order valence-electron chi connectivity index (χ0n) is 24.6. The molecule has 0 saturated heterocycles. The van der Waals surface area contributed by atoms with Crippen molar-refractivity contribution in [1.29, 1.82) is 0 Å². The maximum absolute atomic E-state index is 7.28. The first kappa shape index (κ1) is 28.9. The highest BCUT2D eigenvalue weighted by atomic mass is 32.1. The van der Waals surface area contributed by atoms with E-state index in [1.165, 1.54) is 26.2 Å². The van der Waals surface area contributed by atoms with Crippen molar-refractivity contribution in [3.8, 4) is 0 Å². The lowest BCUT2D eigenvalue weighted by Crippen LogP contribution is -2.42. The number of fused-ring (bicyclic) bond motifs is 1. The van der Waals surface area contributed by atoms with E-state index in [4.69, 9.17) is 9.41 Å². The van der Waals surface area contributed by atoms with Crippen molar-refractivity contribution < 1.29 is 4.43 Å². The number of thiazole rings is 1. The van der Waals surface area contributed by atoms with Gasteiger partial charge in [0.1, 0.15) is 23.2 Å². The van der Waals surface area contributed by atoms with Crippen molar-refractivity contribution in [3.63, 3.8) is 0 Å². The van der Waals surface area contributed by atoms with Gasteiger partial charge in [-0.2, -0.15) is 0 Å². The van der Waals surface area contributed by atoms with Crippen LogP contribution in [0.4, 0.5) is 0 Å². The van der Waals surface area contributed by atoms with Crippen LogP contribution in [-0.4, -0.2) is 19.5 Å². The van der Waals surface area contributed by atoms with Gasteiger partial charge < -0.3 is 4.43 Å². The number of benzene rings is 4. The molecule has 1 aromatic heterocycles. The largest absolute Gasteiger partial charge is 0.410 e. The number of rotatable bonds is 9. The van der Waals surface area contributed by atoms with Gasteiger partial charge in [0.05, 0.1) is 27.5 Å². The average molecular weight is 583 g/mol. The van der Waals surface area contributed by atoms with Crippen LogP contribution in [0, 0.1) is 6.92 Å². The third-order valence-electron chi connectivity index (χ3n) is 8.45. The van der Waals surface area contributed by atoms with Crippen LogP contribution in [0.3, 0.4) is 0 Å². The molecule has 0 fully saturated rings. The molecular formula is C35H41NOPSSi+. The second kappa shape index (κ2) is 11.7. The quantitative estimate of drug-likeness (QED) is 0.128. The highest BCUT2D eigenvalue weighted by Gasteiger charge is 2.46. The summed E-state index contributed by atoms with van der Waals surface area (Å²) in [5, 5.41) is 5.49. The second-order valence-electron chi connectivity index (χ2n) is 12.2. The van der Waals surface area contributed by atoms with Crippen LogP contribution in [0.25, 0.3) is 10.2 Å². The van der Waals surface area contributed by atoms with Gasteiger partial charge in [0, 0.05) is 6.42 Å². The van der Waals surface area contributed by atoms with Gasteiger partial charge in [-0.1, -0.05) is 81.4 Å². The molecule has 0 spiro atoms. The van der Waals surface area contributed by atoms with Crippen LogP contribution in [0.5, 0.6) is 0 Å². The summed E-state index contributed by atoms with van der Waals surface area (Å²) in [5.74, 6) is 0. The molecule has 1 heterocycles. The first-order chi connectivity index (χ1) is 19.1. The Morgan fingerprint density at radius 3 is 1.75 bits per heavy atom. The molecule has 0 amide bonds. The van der Waals surface area contributed by atoms with Gasteiger partial charge in [0.15, 0.2) is 8.32 Å². The van der Waals surface area contributed by atoms with Crippen LogP contribution in [0.2, 0.25) is 18.1 Å². The van der Waals surface area contributed by atoms with E-state index >= 15 is 0 Å². The lowest BCUT2D eigenvalue weighted by molar-refractivity contribution is 0.180. The van der Waals surface area contributed by atoms with E-state index in [0.29, 0.717) is 0 Å². The summed E-state index contributed by atoms with van der Waals surface area (Å²) >= 11 is 1.76. The van der Waals surface area contributed by atoms with Crippen molar-refractivity contribution in [1.82, 2.24) is 4.98 Å². The molecule has 0 radical (unpaired) electrons. The number of aromatic nitrogens is 1. The first-order valence-corrected chi connectivity index (χ1v) is 19.9. The van der Waals surface area contributed by atoms with E-state index in [0.717, 1.165) is 23.1 Å². The lowest BCUT2D eigenvalue weighted by atomic mass is 10.1. The predicted molar refractivity (Wildman–Crippen MR) is 180 cm³/mol. The van der Waals surface area contributed by atoms with Crippen molar-refractivity contribution in [2.45, 2.75) is 58.4 Å². The zero-order chi connectivity index (χ0) is 28.4. The van der Waals surface area contributed by atoms with Crippen LogP contribution < -0.4 is 15.9 Å². The van der Waals surface area contributed by atoms with Crippen LogP contribution in [0.15, 0.2) is 109 Å². The summed E-state index contributed by atoms with van der Waals surface area (Å²) in [5.41, 5.74) is 2.33. The van der Waals surface area contributed by atoms with Gasteiger partial charge in [-0.25, -0.2) is 4.98 Å². The van der Waals surface area contributed by atoms with E-state index in [1.54, 1.807) is 11.3 Å². The second-order valence-corrected chi connectivity index (χ2v) is 21.8. The van der Waals surface area contributed by atoms with Crippen molar-refractivity contribution in [2.24, 2.45) is 0 Å². The molecule has 206 valence electrons. The highest BCUT2D eigenvalue weighted by Crippen LogP contribution is 2.57. The zero-order valence-corrected chi connectivity index (χ0v) is 27.3. The minimum absolute atomic E-state index is 0.00260. The molecule has 4 aromatic carbocycles. The fourth-order valence-corrected chi connectivity index (χ4v) is 11.7. The number of nitrogens with zero attached hydrogens (tertiary/aromatic N) is 1. The molecule has 2 nitrogen and oxygen atoms in total. The number of hydrogen-bond donors (Lipinski definition) is 0. The average Bonchev–Trinajstić information content (AvgIpc) is 3.33. The van der Waals surface area contributed by atoms with Gasteiger partial charge >= 0.3 is 0 Å². The molecule has 5 aromatic rings. The van der Waals surface area contributed by atoms with E-state index in [2.05, 4.69) is 150 Å². The topological polar surface area (TPSA) is 22.1 Å². The molecule has 40 heavy (non-hydrogen) atoms. The Kier molecular flexibility index (Phi) is 8.45. The Morgan fingerprint density at radius 1 is 0.775 bits per heavy atom. The third kappa shape index (κ3) is 5.87. The van der Waals surface area contributed by atoms with Crippen molar-refractivity contribution in [3.05, 3.63) is 120 Å². The number of hydrogen-bond acceptors (Lipinski definition) is 3. The smallest absolute Gasteiger partial charge is 0.192 e. The molecule has 1 atom stereocenters. The Morgan fingerprint density at radius 2 is 1.27 bits per heavy atom. The van der Waals surface area contributed by atoms with Gasteiger partial charge in [-0.3, -0.25) is 0 Å². The van der Waals surface area contributed by atoms with E-state index in [1.807, 2.05) is 0 Å². The van der Waals surface area contributed by atoms with Gasteiger partial charge in [0.2, 0.25) is 0 Å². The minimum Gasteiger partial charge on any atom is -0.410 e. The Bertz CT molecular complexity index is 1450. The third-order valence-corrected chi connectivity index (χ3v) is 18.4. The maximum atomic E-state index is 7.28. The Hall–Kier alpha value is -2.62. The molecule has 5 rings (SSSR count). The van der Waals surface area contributed by atoms with Crippen LogP contribution in [0.1, 0.15) is 43.9 Å². The van der Waals surface area contributed by atoms with Gasteiger partial charge in [0.25, 0.3) is 0 Å². The molecule has 0 aliphatic rings. The SMILES string of the molecule is Cc1nc2cc([C@H](CC[P+](c3ccccc3)(c3ccccc3)c3ccccc3)O[Si](C)(C)C(C)(C)C)ccc2s1. The summed E-state index contributed by atoms with van der Waals surface area (Å²) in [4.78, 5) is 4.83. The molecule has 0 bridgehead atoms.